The molecule has 1 aromatic carbocycles. The first kappa shape index (κ1) is 18.2. The lowest BCUT2D eigenvalue weighted by Gasteiger charge is -2.08. The van der Waals surface area contributed by atoms with E-state index in [0.717, 1.165) is 23.4 Å². The van der Waals surface area contributed by atoms with E-state index in [0.29, 0.717) is 23.1 Å². The quantitative estimate of drug-likeness (QED) is 0.789. The van der Waals surface area contributed by atoms with E-state index in [4.69, 9.17) is 9.47 Å². The summed E-state index contributed by atoms with van der Waals surface area (Å²) in [5.41, 5.74) is 1.04. The van der Waals surface area contributed by atoms with Gasteiger partial charge in [0, 0.05) is 12.3 Å². The van der Waals surface area contributed by atoms with Gasteiger partial charge in [0.15, 0.2) is 11.5 Å². The predicted molar refractivity (Wildman–Crippen MR) is 95.0 cm³/mol. The van der Waals surface area contributed by atoms with Crippen molar-refractivity contribution >= 4 is 22.4 Å². The molecule has 0 fully saturated rings. The minimum Gasteiger partial charge on any atom is -0.493 e. The zero-order valence-corrected chi connectivity index (χ0v) is 15.3. The standard InChI is InChI=1S/C17H23N3O3S/c1-5-6-11(2)16(21)18-17-20-19-15(24-17)10-12-7-8-13(22-3)14(9-12)23-4/h7-9,11H,5-6,10H2,1-4H3,(H,18,20,21). The predicted octanol–water partition coefficient (Wildman–Crippen LogP) is 3.52. The van der Waals surface area contributed by atoms with Crippen LogP contribution in [0.3, 0.4) is 0 Å². The Morgan fingerprint density at radius 3 is 2.67 bits per heavy atom. The van der Waals surface area contributed by atoms with E-state index >= 15 is 0 Å². The third kappa shape index (κ3) is 4.67. The van der Waals surface area contributed by atoms with Gasteiger partial charge in [-0.1, -0.05) is 37.7 Å². The molecule has 0 bridgehead atoms. The number of benzene rings is 1. The van der Waals surface area contributed by atoms with E-state index < -0.39 is 0 Å². The SMILES string of the molecule is CCCC(C)C(=O)Nc1nnc(Cc2ccc(OC)c(OC)c2)s1. The molecule has 1 unspecified atom stereocenters. The average Bonchev–Trinajstić information content (AvgIpc) is 3.01. The van der Waals surface area contributed by atoms with Crippen molar-refractivity contribution in [2.75, 3.05) is 19.5 Å². The lowest BCUT2D eigenvalue weighted by atomic mass is 10.1. The summed E-state index contributed by atoms with van der Waals surface area (Å²) >= 11 is 1.39. The van der Waals surface area contributed by atoms with Gasteiger partial charge in [-0.05, 0) is 24.1 Å². The van der Waals surface area contributed by atoms with Gasteiger partial charge in [0.05, 0.1) is 14.2 Å². The molecule has 0 saturated carbocycles. The van der Waals surface area contributed by atoms with Gasteiger partial charge >= 0.3 is 0 Å². The van der Waals surface area contributed by atoms with Gasteiger partial charge in [-0.2, -0.15) is 0 Å². The second-order valence-corrected chi connectivity index (χ2v) is 6.61. The molecule has 130 valence electrons. The van der Waals surface area contributed by atoms with Crippen molar-refractivity contribution in [2.24, 2.45) is 5.92 Å². The van der Waals surface area contributed by atoms with Gasteiger partial charge < -0.3 is 14.8 Å². The fourth-order valence-electron chi connectivity index (χ4n) is 2.33. The summed E-state index contributed by atoms with van der Waals surface area (Å²) in [5, 5.41) is 12.4. The van der Waals surface area contributed by atoms with Crippen molar-refractivity contribution in [1.29, 1.82) is 0 Å². The number of rotatable bonds is 8. The molecule has 1 amide bonds. The van der Waals surface area contributed by atoms with Crippen LogP contribution < -0.4 is 14.8 Å². The maximum Gasteiger partial charge on any atom is 0.229 e. The summed E-state index contributed by atoms with van der Waals surface area (Å²) in [6.07, 6.45) is 2.47. The lowest BCUT2D eigenvalue weighted by molar-refractivity contribution is -0.119. The molecule has 0 aliphatic carbocycles. The number of nitrogens with one attached hydrogen (secondary N) is 1. The fraction of sp³-hybridized carbons (Fsp3) is 0.471. The Bertz CT molecular complexity index is 687. The van der Waals surface area contributed by atoms with Crippen molar-refractivity contribution in [1.82, 2.24) is 10.2 Å². The summed E-state index contributed by atoms with van der Waals surface area (Å²) in [4.78, 5) is 12.0. The first-order chi connectivity index (χ1) is 11.6. The van der Waals surface area contributed by atoms with Crippen LogP contribution >= 0.6 is 11.3 Å². The number of nitrogens with zero attached hydrogens (tertiary/aromatic N) is 2. The second-order valence-electron chi connectivity index (χ2n) is 5.55. The molecule has 1 heterocycles. The Hall–Kier alpha value is -2.15. The van der Waals surface area contributed by atoms with Gasteiger partial charge in [0.1, 0.15) is 5.01 Å². The molecule has 0 radical (unpaired) electrons. The Kier molecular flexibility index (Phi) is 6.54. The summed E-state index contributed by atoms with van der Waals surface area (Å²) in [6.45, 7) is 3.99. The topological polar surface area (TPSA) is 73.3 Å². The molecule has 0 aliphatic heterocycles. The largest absolute Gasteiger partial charge is 0.493 e. The van der Waals surface area contributed by atoms with Crippen LogP contribution in [0.25, 0.3) is 0 Å². The van der Waals surface area contributed by atoms with E-state index in [1.807, 2.05) is 25.1 Å². The summed E-state index contributed by atoms with van der Waals surface area (Å²) in [5.74, 6) is 1.34. The monoisotopic (exact) mass is 349 g/mol. The Morgan fingerprint density at radius 2 is 2.00 bits per heavy atom. The van der Waals surface area contributed by atoms with Gasteiger partial charge in [-0.25, -0.2) is 0 Å². The molecule has 0 aliphatic rings. The number of amides is 1. The molecular weight excluding hydrogens is 326 g/mol. The zero-order valence-electron chi connectivity index (χ0n) is 14.5. The molecule has 6 nitrogen and oxygen atoms in total. The van der Waals surface area contributed by atoms with Crippen LogP contribution in [0.4, 0.5) is 5.13 Å². The van der Waals surface area contributed by atoms with Gasteiger partial charge in [-0.15, -0.1) is 10.2 Å². The number of anilines is 1. The minimum atomic E-state index is -0.0202. The van der Waals surface area contributed by atoms with Crippen LogP contribution in [0, 0.1) is 5.92 Å². The average molecular weight is 349 g/mol. The summed E-state index contributed by atoms with van der Waals surface area (Å²) < 4.78 is 10.5. The molecule has 24 heavy (non-hydrogen) atoms. The number of hydrogen-bond donors (Lipinski definition) is 1. The van der Waals surface area contributed by atoms with Gasteiger partial charge in [0.25, 0.3) is 0 Å². The molecule has 2 rings (SSSR count). The number of methoxy groups -OCH3 is 2. The Balaban J connectivity index is 2.02. The van der Waals surface area contributed by atoms with Gasteiger partial charge in [-0.3, -0.25) is 4.79 Å². The molecule has 0 saturated heterocycles. The molecule has 1 aromatic heterocycles. The van der Waals surface area contributed by atoms with Crippen LogP contribution in [-0.2, 0) is 11.2 Å². The minimum absolute atomic E-state index is 0.00864. The number of carbonyl (C=O) groups excluding carboxylic acids is 1. The highest BCUT2D eigenvalue weighted by Gasteiger charge is 2.15. The first-order valence-electron chi connectivity index (χ1n) is 7.91. The van der Waals surface area contributed by atoms with E-state index in [1.54, 1.807) is 14.2 Å². The normalized spacial score (nSPS) is 11.8. The molecule has 2 aromatic rings. The van der Waals surface area contributed by atoms with Crippen LogP contribution in [0.2, 0.25) is 0 Å². The third-order valence-electron chi connectivity index (χ3n) is 3.67. The van der Waals surface area contributed by atoms with E-state index in [2.05, 4.69) is 22.4 Å². The smallest absolute Gasteiger partial charge is 0.229 e. The van der Waals surface area contributed by atoms with Crippen LogP contribution in [-0.4, -0.2) is 30.3 Å². The molecule has 7 heteroatoms. The van der Waals surface area contributed by atoms with Gasteiger partial charge in [0.2, 0.25) is 11.0 Å². The van der Waals surface area contributed by atoms with Crippen LogP contribution in [0.15, 0.2) is 18.2 Å². The Morgan fingerprint density at radius 1 is 1.25 bits per heavy atom. The van der Waals surface area contributed by atoms with Crippen molar-refractivity contribution in [3.05, 3.63) is 28.8 Å². The number of hydrogen-bond acceptors (Lipinski definition) is 6. The highest BCUT2D eigenvalue weighted by molar-refractivity contribution is 7.15. The highest BCUT2D eigenvalue weighted by atomic mass is 32.1. The lowest BCUT2D eigenvalue weighted by Crippen LogP contribution is -2.20. The third-order valence-corrected chi connectivity index (χ3v) is 4.51. The van der Waals surface area contributed by atoms with Crippen LogP contribution in [0.5, 0.6) is 11.5 Å². The van der Waals surface area contributed by atoms with Crippen molar-refractivity contribution in [3.63, 3.8) is 0 Å². The molecular formula is C17H23N3O3S. The highest BCUT2D eigenvalue weighted by Crippen LogP contribution is 2.29. The second kappa shape index (κ2) is 8.63. The Labute approximate surface area is 146 Å². The number of aromatic nitrogens is 2. The van der Waals surface area contributed by atoms with Crippen molar-refractivity contribution in [3.8, 4) is 11.5 Å². The maximum atomic E-state index is 12.0. The van der Waals surface area contributed by atoms with E-state index in [1.165, 1.54) is 11.3 Å². The molecule has 0 spiro atoms. The first-order valence-corrected chi connectivity index (χ1v) is 8.73. The molecule has 1 N–H and O–H groups in total. The van der Waals surface area contributed by atoms with E-state index in [9.17, 15) is 4.79 Å². The molecule has 1 atom stereocenters. The van der Waals surface area contributed by atoms with Crippen LogP contribution in [0.1, 0.15) is 37.3 Å². The number of ether oxygens (including phenoxy) is 2. The van der Waals surface area contributed by atoms with E-state index in [-0.39, 0.29) is 11.8 Å². The maximum absolute atomic E-state index is 12.0. The summed E-state index contributed by atoms with van der Waals surface area (Å²) in [6, 6.07) is 5.75. The zero-order chi connectivity index (χ0) is 17.5. The van der Waals surface area contributed by atoms with Crippen molar-refractivity contribution < 1.29 is 14.3 Å². The summed E-state index contributed by atoms with van der Waals surface area (Å²) in [7, 11) is 3.22. The fourth-order valence-corrected chi connectivity index (χ4v) is 3.11. The van der Waals surface area contributed by atoms with Crippen molar-refractivity contribution in [2.45, 2.75) is 33.1 Å². The number of carbonyl (C=O) groups is 1.